The van der Waals surface area contributed by atoms with Crippen LogP contribution in [-0.4, -0.2) is 34.5 Å². The van der Waals surface area contributed by atoms with Crippen LogP contribution < -0.4 is 0 Å². The average molecular weight is 417 g/mol. The van der Waals surface area contributed by atoms with E-state index in [4.69, 9.17) is 9.84 Å². The maximum Gasteiger partial charge on any atom is 0.342 e. The van der Waals surface area contributed by atoms with Crippen LogP contribution in [0, 0.1) is 5.92 Å². The van der Waals surface area contributed by atoms with E-state index in [-0.39, 0.29) is 42.1 Å². The normalized spacial score (nSPS) is 18.7. The van der Waals surface area contributed by atoms with E-state index in [9.17, 15) is 15.0 Å². The van der Waals surface area contributed by atoms with Gasteiger partial charge in [-0.15, -0.1) is 6.58 Å². The van der Waals surface area contributed by atoms with Crippen molar-refractivity contribution in [1.29, 1.82) is 0 Å². The summed E-state index contributed by atoms with van der Waals surface area (Å²) in [5.41, 5.74) is 3.33. The first-order valence-electron chi connectivity index (χ1n) is 11.0. The van der Waals surface area contributed by atoms with Crippen molar-refractivity contribution in [2.24, 2.45) is 5.92 Å². The number of unbranched alkanes of at least 4 members (excludes halogenated alkanes) is 2. The molecule has 1 aromatic carbocycles. The summed E-state index contributed by atoms with van der Waals surface area (Å²) >= 11 is 0. The summed E-state index contributed by atoms with van der Waals surface area (Å²) in [6.45, 7) is 9.74. The summed E-state index contributed by atoms with van der Waals surface area (Å²) in [6.07, 6.45) is 8.19. The topological polar surface area (TPSA) is 87.0 Å². The lowest BCUT2D eigenvalue weighted by Gasteiger charge is -2.32. The van der Waals surface area contributed by atoms with E-state index in [2.05, 4.69) is 19.6 Å². The summed E-state index contributed by atoms with van der Waals surface area (Å²) < 4.78 is 5.14. The molecule has 0 radical (unpaired) electrons. The lowest BCUT2D eigenvalue weighted by Crippen LogP contribution is -2.19. The molecule has 1 aromatic rings. The number of hydrogen-bond donors (Lipinski definition) is 3. The predicted molar refractivity (Wildman–Crippen MR) is 119 cm³/mol. The Bertz CT molecular complexity index is 793. The lowest BCUT2D eigenvalue weighted by molar-refractivity contribution is 0.0429. The molecule has 1 aliphatic carbocycles. The number of phenols is 2. The van der Waals surface area contributed by atoms with E-state index in [1.54, 1.807) is 6.07 Å². The van der Waals surface area contributed by atoms with Gasteiger partial charge in [0.05, 0.1) is 6.61 Å². The molecular formula is C25H36O5. The van der Waals surface area contributed by atoms with E-state index >= 15 is 0 Å². The molecule has 2 unspecified atom stereocenters. The van der Waals surface area contributed by atoms with Crippen molar-refractivity contribution >= 4 is 5.97 Å². The molecule has 0 saturated heterocycles. The standard InChI is InChI=1S/C25H36O5/c1-5-6-7-8-19-15-21(27)23(24(28)22(19)25(29)30-12-11-26)20-14-17(4)9-10-18(20)13-16(2)3/h14-15,18,20,26-28H,2,5-13H2,1,3-4H3. The Morgan fingerprint density at radius 3 is 2.67 bits per heavy atom. The molecule has 3 N–H and O–H groups in total. The van der Waals surface area contributed by atoms with E-state index in [1.165, 1.54) is 5.57 Å². The van der Waals surface area contributed by atoms with E-state index in [0.29, 0.717) is 17.5 Å². The molecule has 0 aromatic heterocycles. The van der Waals surface area contributed by atoms with Gasteiger partial charge >= 0.3 is 5.97 Å². The third-order valence-electron chi connectivity index (χ3n) is 5.80. The van der Waals surface area contributed by atoms with Crippen LogP contribution in [0.5, 0.6) is 11.5 Å². The van der Waals surface area contributed by atoms with Gasteiger partial charge in [0.1, 0.15) is 23.7 Å². The summed E-state index contributed by atoms with van der Waals surface area (Å²) in [5, 5.41) is 31.1. The first-order chi connectivity index (χ1) is 14.3. The smallest absolute Gasteiger partial charge is 0.342 e. The number of aryl methyl sites for hydroxylation is 1. The average Bonchev–Trinajstić information content (AvgIpc) is 2.68. The fourth-order valence-corrected chi connectivity index (χ4v) is 4.37. The number of aliphatic hydroxyl groups excluding tert-OH is 1. The van der Waals surface area contributed by atoms with Gasteiger partial charge in [-0.3, -0.25) is 0 Å². The largest absolute Gasteiger partial charge is 0.507 e. The minimum absolute atomic E-state index is 0.0142. The SMILES string of the molecule is C=C(C)CC1CCC(C)=CC1c1c(O)cc(CCCCC)c(C(=O)OCCO)c1O. The Morgan fingerprint density at radius 2 is 2.03 bits per heavy atom. The van der Waals surface area contributed by atoms with Gasteiger partial charge in [0.15, 0.2) is 0 Å². The van der Waals surface area contributed by atoms with Crippen molar-refractivity contribution in [2.75, 3.05) is 13.2 Å². The molecule has 30 heavy (non-hydrogen) atoms. The molecule has 0 heterocycles. The lowest BCUT2D eigenvalue weighted by atomic mass is 9.73. The molecule has 166 valence electrons. The minimum Gasteiger partial charge on any atom is -0.507 e. The second kappa shape index (κ2) is 11.2. The van der Waals surface area contributed by atoms with Gasteiger partial charge in [0, 0.05) is 11.5 Å². The first kappa shape index (κ1) is 24.0. The molecule has 0 spiro atoms. The van der Waals surface area contributed by atoms with Gasteiger partial charge in [-0.2, -0.15) is 0 Å². The highest BCUT2D eigenvalue weighted by atomic mass is 16.5. The summed E-state index contributed by atoms with van der Waals surface area (Å²) in [6, 6.07) is 1.61. The highest BCUT2D eigenvalue weighted by molar-refractivity contribution is 5.95. The number of hydrogen-bond acceptors (Lipinski definition) is 5. The number of aliphatic hydroxyl groups is 1. The summed E-state index contributed by atoms with van der Waals surface area (Å²) in [5.74, 6) is -0.866. The van der Waals surface area contributed by atoms with Gasteiger partial charge in [0.25, 0.3) is 0 Å². The highest BCUT2D eigenvalue weighted by Crippen LogP contribution is 2.48. The number of carbonyl (C=O) groups excluding carboxylic acids is 1. The second-order valence-electron chi connectivity index (χ2n) is 8.51. The number of phenolic OH excluding ortho intramolecular Hbond substituents is 2. The van der Waals surface area contributed by atoms with Crippen LogP contribution >= 0.6 is 0 Å². The number of rotatable bonds is 10. The van der Waals surface area contributed by atoms with E-state index < -0.39 is 5.97 Å². The highest BCUT2D eigenvalue weighted by Gasteiger charge is 2.33. The number of allylic oxidation sites excluding steroid dienone is 3. The zero-order valence-corrected chi connectivity index (χ0v) is 18.5. The van der Waals surface area contributed by atoms with Gasteiger partial charge in [-0.05, 0) is 63.5 Å². The van der Waals surface area contributed by atoms with Crippen molar-refractivity contribution in [1.82, 2.24) is 0 Å². The zero-order valence-electron chi connectivity index (χ0n) is 18.5. The summed E-state index contributed by atoms with van der Waals surface area (Å²) in [7, 11) is 0. The van der Waals surface area contributed by atoms with Crippen LogP contribution in [0.15, 0.2) is 29.9 Å². The third-order valence-corrected chi connectivity index (χ3v) is 5.80. The fourth-order valence-electron chi connectivity index (χ4n) is 4.37. The van der Waals surface area contributed by atoms with Gasteiger partial charge in [-0.25, -0.2) is 4.79 Å². The van der Waals surface area contributed by atoms with Crippen LogP contribution in [0.25, 0.3) is 0 Å². The third kappa shape index (κ3) is 5.88. The molecule has 0 fully saturated rings. The van der Waals surface area contributed by atoms with E-state index in [1.807, 2.05) is 13.8 Å². The number of ether oxygens (including phenoxy) is 1. The number of benzene rings is 1. The van der Waals surface area contributed by atoms with Crippen molar-refractivity contribution in [3.63, 3.8) is 0 Å². The molecule has 5 nitrogen and oxygen atoms in total. The van der Waals surface area contributed by atoms with Gasteiger partial charge in [0.2, 0.25) is 0 Å². The molecule has 0 saturated carbocycles. The van der Waals surface area contributed by atoms with Crippen molar-refractivity contribution in [2.45, 2.75) is 71.6 Å². The Hall–Kier alpha value is -2.27. The quantitative estimate of drug-likeness (QED) is 0.271. The maximum atomic E-state index is 12.7. The molecule has 1 aliphatic rings. The van der Waals surface area contributed by atoms with Crippen LogP contribution in [0.3, 0.4) is 0 Å². The Morgan fingerprint density at radius 1 is 1.30 bits per heavy atom. The van der Waals surface area contributed by atoms with Gasteiger partial charge < -0.3 is 20.1 Å². The van der Waals surface area contributed by atoms with Crippen LogP contribution in [0.1, 0.15) is 86.7 Å². The van der Waals surface area contributed by atoms with E-state index in [0.717, 1.165) is 44.1 Å². The van der Waals surface area contributed by atoms with Crippen molar-refractivity contribution in [3.8, 4) is 11.5 Å². The maximum absolute atomic E-state index is 12.7. The van der Waals surface area contributed by atoms with Crippen LogP contribution in [0.2, 0.25) is 0 Å². The molecule has 0 aliphatic heterocycles. The first-order valence-corrected chi connectivity index (χ1v) is 11.0. The number of esters is 1. The van der Waals surface area contributed by atoms with Crippen molar-refractivity contribution in [3.05, 3.63) is 46.6 Å². The molecule has 2 atom stereocenters. The Balaban J connectivity index is 2.56. The molecule has 5 heteroatoms. The Labute approximate surface area is 180 Å². The molecule has 2 rings (SSSR count). The van der Waals surface area contributed by atoms with Crippen LogP contribution in [-0.2, 0) is 11.2 Å². The predicted octanol–water partition coefficient (Wildman–Crippen LogP) is 5.39. The number of aromatic hydroxyl groups is 2. The summed E-state index contributed by atoms with van der Waals surface area (Å²) in [4.78, 5) is 12.7. The minimum atomic E-state index is -0.665. The second-order valence-corrected chi connectivity index (χ2v) is 8.51. The van der Waals surface area contributed by atoms with Crippen LogP contribution in [0.4, 0.5) is 0 Å². The van der Waals surface area contributed by atoms with Crippen molar-refractivity contribution < 1.29 is 24.9 Å². The molecular weight excluding hydrogens is 380 g/mol. The van der Waals surface area contributed by atoms with Gasteiger partial charge in [-0.1, -0.05) is 37.0 Å². The molecule has 0 amide bonds. The molecule has 0 bridgehead atoms. The zero-order chi connectivity index (χ0) is 22.3. The fraction of sp³-hybridized carbons (Fsp3) is 0.560. The monoisotopic (exact) mass is 416 g/mol. The number of carbonyl (C=O) groups is 1. The Kier molecular flexibility index (Phi) is 8.97.